The van der Waals surface area contributed by atoms with Crippen LogP contribution in [0.3, 0.4) is 0 Å². The molecule has 2 unspecified atom stereocenters. The van der Waals surface area contributed by atoms with E-state index in [4.69, 9.17) is 5.73 Å². The van der Waals surface area contributed by atoms with Gasteiger partial charge in [0.05, 0.1) is 11.7 Å². The van der Waals surface area contributed by atoms with Crippen LogP contribution in [-0.4, -0.2) is 11.7 Å². The van der Waals surface area contributed by atoms with Crippen molar-refractivity contribution < 1.29 is 5.11 Å². The van der Waals surface area contributed by atoms with Gasteiger partial charge < -0.3 is 10.8 Å². The van der Waals surface area contributed by atoms with Gasteiger partial charge in [0.1, 0.15) is 5.75 Å². The lowest BCUT2D eigenvalue weighted by atomic mass is 9.96. The number of aromatic hydroxyl groups is 1. The molecule has 1 aliphatic rings. The molecule has 4 nitrogen and oxygen atoms in total. The molecule has 1 saturated heterocycles. The minimum Gasteiger partial charge on any atom is -0.506 e. The SMILES string of the molecule is CC1CNNC1c1ccc(O)c(N)c1. The first-order chi connectivity index (χ1) is 6.68. The van der Waals surface area contributed by atoms with E-state index >= 15 is 0 Å². The molecule has 1 aromatic rings. The second-order valence-corrected chi connectivity index (χ2v) is 3.80. The molecule has 0 saturated carbocycles. The highest BCUT2D eigenvalue weighted by molar-refractivity contribution is 5.53. The predicted molar refractivity (Wildman–Crippen MR) is 55.6 cm³/mol. The summed E-state index contributed by atoms with van der Waals surface area (Å²) in [6, 6.07) is 5.62. The lowest BCUT2D eigenvalue weighted by Gasteiger charge is -2.15. The van der Waals surface area contributed by atoms with Crippen LogP contribution >= 0.6 is 0 Å². The van der Waals surface area contributed by atoms with Gasteiger partial charge >= 0.3 is 0 Å². The number of anilines is 1. The lowest BCUT2D eigenvalue weighted by Crippen LogP contribution is -2.24. The molecule has 1 aromatic carbocycles. The van der Waals surface area contributed by atoms with E-state index in [2.05, 4.69) is 17.8 Å². The van der Waals surface area contributed by atoms with Crippen molar-refractivity contribution in [2.45, 2.75) is 13.0 Å². The molecule has 1 fully saturated rings. The summed E-state index contributed by atoms with van der Waals surface area (Å²) in [5, 5.41) is 9.29. The standard InChI is InChI=1S/C10H15N3O/c1-6-5-12-13-10(6)7-2-3-9(14)8(11)4-7/h2-4,6,10,12-14H,5,11H2,1H3. The summed E-state index contributed by atoms with van der Waals surface area (Å²) in [6.07, 6.45) is 0. The van der Waals surface area contributed by atoms with Gasteiger partial charge in [-0.3, -0.25) is 10.9 Å². The Balaban J connectivity index is 2.28. The van der Waals surface area contributed by atoms with Crippen LogP contribution in [-0.2, 0) is 0 Å². The van der Waals surface area contributed by atoms with Gasteiger partial charge in [0.15, 0.2) is 0 Å². The molecule has 0 radical (unpaired) electrons. The van der Waals surface area contributed by atoms with E-state index in [1.165, 1.54) is 0 Å². The second-order valence-electron chi connectivity index (χ2n) is 3.80. The third-order valence-corrected chi connectivity index (χ3v) is 2.66. The van der Waals surface area contributed by atoms with Gasteiger partial charge in [-0.1, -0.05) is 13.0 Å². The van der Waals surface area contributed by atoms with Crippen molar-refractivity contribution in [3.05, 3.63) is 23.8 Å². The van der Waals surface area contributed by atoms with Crippen LogP contribution in [0.25, 0.3) is 0 Å². The van der Waals surface area contributed by atoms with Crippen molar-refractivity contribution in [1.29, 1.82) is 0 Å². The van der Waals surface area contributed by atoms with E-state index < -0.39 is 0 Å². The molecule has 1 aliphatic heterocycles. The van der Waals surface area contributed by atoms with Gasteiger partial charge in [-0.25, -0.2) is 0 Å². The van der Waals surface area contributed by atoms with Crippen molar-refractivity contribution in [3.8, 4) is 5.75 Å². The molecule has 0 aromatic heterocycles. The van der Waals surface area contributed by atoms with Crippen LogP contribution in [0.5, 0.6) is 5.75 Å². The van der Waals surface area contributed by atoms with Gasteiger partial charge in [0, 0.05) is 6.54 Å². The molecule has 0 bridgehead atoms. The largest absolute Gasteiger partial charge is 0.506 e. The highest BCUT2D eigenvalue weighted by atomic mass is 16.3. The molecule has 1 heterocycles. The summed E-state index contributed by atoms with van der Waals surface area (Å²) in [4.78, 5) is 0. The first-order valence-corrected chi connectivity index (χ1v) is 4.75. The maximum atomic E-state index is 9.29. The number of nitrogens with one attached hydrogen (secondary N) is 2. The van der Waals surface area contributed by atoms with Gasteiger partial charge in [0.25, 0.3) is 0 Å². The molecule has 0 aliphatic carbocycles. The molecule has 76 valence electrons. The van der Waals surface area contributed by atoms with Crippen molar-refractivity contribution in [2.75, 3.05) is 12.3 Å². The highest BCUT2D eigenvalue weighted by Gasteiger charge is 2.24. The Kier molecular flexibility index (Phi) is 2.31. The van der Waals surface area contributed by atoms with Crippen molar-refractivity contribution in [1.82, 2.24) is 10.9 Å². The smallest absolute Gasteiger partial charge is 0.138 e. The van der Waals surface area contributed by atoms with Crippen molar-refractivity contribution in [2.24, 2.45) is 5.92 Å². The van der Waals surface area contributed by atoms with E-state index in [-0.39, 0.29) is 11.8 Å². The maximum Gasteiger partial charge on any atom is 0.138 e. The third kappa shape index (κ3) is 1.54. The zero-order valence-corrected chi connectivity index (χ0v) is 8.12. The lowest BCUT2D eigenvalue weighted by molar-refractivity contribution is 0.475. The number of phenols is 1. The van der Waals surface area contributed by atoms with Gasteiger partial charge in [-0.05, 0) is 23.6 Å². The Bertz CT molecular complexity index is 340. The van der Waals surface area contributed by atoms with Crippen LogP contribution in [0.2, 0.25) is 0 Å². The number of hydrogen-bond acceptors (Lipinski definition) is 4. The minimum absolute atomic E-state index is 0.146. The minimum atomic E-state index is 0.146. The van der Waals surface area contributed by atoms with E-state index in [0.717, 1.165) is 12.1 Å². The summed E-state index contributed by atoms with van der Waals surface area (Å²) in [5.41, 5.74) is 13.5. The van der Waals surface area contributed by atoms with Crippen LogP contribution in [0.4, 0.5) is 5.69 Å². The monoisotopic (exact) mass is 193 g/mol. The molecule has 14 heavy (non-hydrogen) atoms. The quantitative estimate of drug-likeness (QED) is 0.392. The Labute approximate surface area is 83.1 Å². The van der Waals surface area contributed by atoms with Gasteiger partial charge in [-0.2, -0.15) is 0 Å². The Morgan fingerprint density at radius 2 is 2.29 bits per heavy atom. The molecule has 0 amide bonds. The summed E-state index contributed by atoms with van der Waals surface area (Å²) in [6.45, 7) is 3.12. The first-order valence-electron chi connectivity index (χ1n) is 4.75. The number of phenolic OH excluding ortho intramolecular Hbond substituents is 1. The Hall–Kier alpha value is -1.26. The summed E-state index contributed by atoms with van der Waals surface area (Å²) < 4.78 is 0. The molecule has 5 N–H and O–H groups in total. The average Bonchev–Trinajstić information content (AvgIpc) is 2.57. The number of rotatable bonds is 1. The molecule has 2 atom stereocenters. The fraction of sp³-hybridized carbons (Fsp3) is 0.400. The van der Waals surface area contributed by atoms with Crippen LogP contribution in [0, 0.1) is 5.92 Å². The fourth-order valence-corrected chi connectivity index (χ4v) is 1.77. The van der Waals surface area contributed by atoms with Gasteiger partial charge in [0.2, 0.25) is 0 Å². The normalized spacial score (nSPS) is 26.6. The van der Waals surface area contributed by atoms with Crippen molar-refractivity contribution in [3.63, 3.8) is 0 Å². The predicted octanol–water partition coefficient (Wildman–Crippen LogP) is 0.759. The number of nitrogen functional groups attached to an aromatic ring is 1. The Morgan fingerprint density at radius 1 is 1.50 bits per heavy atom. The number of benzene rings is 1. The van der Waals surface area contributed by atoms with E-state index in [1.54, 1.807) is 6.07 Å². The van der Waals surface area contributed by atoms with E-state index in [0.29, 0.717) is 11.6 Å². The zero-order valence-electron chi connectivity index (χ0n) is 8.12. The van der Waals surface area contributed by atoms with E-state index in [1.807, 2.05) is 12.1 Å². The maximum absolute atomic E-state index is 9.29. The molecule has 4 heteroatoms. The van der Waals surface area contributed by atoms with Crippen LogP contribution in [0.15, 0.2) is 18.2 Å². The molecule has 0 spiro atoms. The summed E-state index contributed by atoms with van der Waals surface area (Å²) >= 11 is 0. The molecular formula is C10H15N3O. The molecular weight excluding hydrogens is 178 g/mol. The average molecular weight is 193 g/mol. The summed E-state index contributed by atoms with van der Waals surface area (Å²) in [5.74, 6) is 0.673. The number of hydrogen-bond donors (Lipinski definition) is 4. The topological polar surface area (TPSA) is 70.3 Å². The van der Waals surface area contributed by atoms with Crippen molar-refractivity contribution >= 4 is 5.69 Å². The van der Waals surface area contributed by atoms with Crippen LogP contribution in [0.1, 0.15) is 18.5 Å². The highest BCUT2D eigenvalue weighted by Crippen LogP contribution is 2.29. The molecule has 2 rings (SSSR count). The van der Waals surface area contributed by atoms with Crippen LogP contribution < -0.4 is 16.6 Å². The Morgan fingerprint density at radius 3 is 2.86 bits per heavy atom. The number of nitrogens with two attached hydrogens (primary N) is 1. The first kappa shape index (κ1) is 9.30. The summed E-state index contributed by atoms with van der Waals surface area (Å²) in [7, 11) is 0. The second kappa shape index (κ2) is 3.48. The van der Waals surface area contributed by atoms with E-state index in [9.17, 15) is 5.11 Å². The fourth-order valence-electron chi connectivity index (χ4n) is 1.77. The number of hydrazine groups is 1. The zero-order chi connectivity index (χ0) is 10.1. The third-order valence-electron chi connectivity index (χ3n) is 2.66. The van der Waals surface area contributed by atoms with Gasteiger partial charge in [-0.15, -0.1) is 0 Å².